The molecule has 1 saturated carbocycles. The van der Waals surface area contributed by atoms with Crippen LogP contribution in [0.5, 0.6) is 0 Å². The second kappa shape index (κ2) is 4.67. The number of imidazole rings is 1. The van der Waals surface area contributed by atoms with Gasteiger partial charge < -0.3 is 15.2 Å². The van der Waals surface area contributed by atoms with Gasteiger partial charge in [0.05, 0.1) is 17.6 Å². The largest absolute Gasteiger partial charge is 0.331 e. The van der Waals surface area contributed by atoms with Crippen LogP contribution in [0.15, 0.2) is 12.5 Å². The van der Waals surface area contributed by atoms with Crippen LogP contribution in [-0.4, -0.2) is 34.1 Å². The molecular formula is C14H26N4. The Morgan fingerprint density at radius 1 is 1.39 bits per heavy atom. The average molecular weight is 250 g/mol. The van der Waals surface area contributed by atoms with E-state index in [0.29, 0.717) is 0 Å². The Morgan fingerprint density at radius 3 is 2.50 bits per heavy atom. The molecule has 0 unspecified atom stereocenters. The third kappa shape index (κ3) is 2.45. The van der Waals surface area contributed by atoms with Crippen LogP contribution in [0.25, 0.3) is 0 Å². The van der Waals surface area contributed by atoms with E-state index in [1.54, 1.807) is 0 Å². The topological polar surface area (TPSA) is 47.1 Å². The summed E-state index contributed by atoms with van der Waals surface area (Å²) in [5.41, 5.74) is 7.29. The fourth-order valence-corrected chi connectivity index (χ4v) is 3.08. The summed E-state index contributed by atoms with van der Waals surface area (Å²) < 4.78 is 2.24. The number of rotatable bonds is 4. The molecule has 0 aromatic carbocycles. The van der Waals surface area contributed by atoms with Crippen LogP contribution in [-0.2, 0) is 12.1 Å². The quantitative estimate of drug-likeness (QED) is 0.888. The van der Waals surface area contributed by atoms with E-state index < -0.39 is 0 Å². The lowest BCUT2D eigenvalue weighted by Crippen LogP contribution is -2.46. The highest BCUT2D eigenvalue weighted by atomic mass is 15.2. The molecule has 1 aliphatic carbocycles. The number of hydrogen-bond acceptors (Lipinski definition) is 3. The average Bonchev–Trinajstić information content (AvgIpc) is 2.86. The molecule has 0 aliphatic heterocycles. The van der Waals surface area contributed by atoms with Gasteiger partial charge in [0.1, 0.15) is 0 Å². The molecule has 0 spiro atoms. The molecule has 4 heteroatoms. The molecule has 1 aromatic heterocycles. The first-order chi connectivity index (χ1) is 8.35. The Kier molecular flexibility index (Phi) is 3.52. The number of nitrogens with two attached hydrogens (primary N) is 1. The zero-order valence-electron chi connectivity index (χ0n) is 12.1. The Hall–Kier alpha value is -0.870. The molecule has 102 valence electrons. The lowest BCUT2D eigenvalue weighted by molar-refractivity contribution is 0.131. The fraction of sp³-hybridized carbons (Fsp3) is 0.786. The maximum Gasteiger partial charge on any atom is 0.0949 e. The molecule has 4 nitrogen and oxygen atoms in total. The Balaban J connectivity index is 2.26. The molecule has 2 N–H and O–H groups in total. The zero-order chi connectivity index (χ0) is 13.4. The van der Waals surface area contributed by atoms with Gasteiger partial charge in [-0.3, -0.25) is 0 Å². The lowest BCUT2D eigenvalue weighted by atomic mass is 9.95. The van der Waals surface area contributed by atoms with Crippen molar-refractivity contribution >= 4 is 0 Å². The molecule has 2 rings (SSSR count). The fourth-order valence-electron chi connectivity index (χ4n) is 3.08. The summed E-state index contributed by atoms with van der Waals surface area (Å²) in [4.78, 5) is 6.67. The van der Waals surface area contributed by atoms with Crippen molar-refractivity contribution < 1.29 is 0 Å². The van der Waals surface area contributed by atoms with E-state index in [0.717, 1.165) is 12.2 Å². The van der Waals surface area contributed by atoms with Crippen LogP contribution in [0.1, 0.15) is 45.2 Å². The summed E-state index contributed by atoms with van der Waals surface area (Å²) >= 11 is 0. The minimum absolute atomic E-state index is 0.278. The predicted octanol–water partition coefficient (Wildman–Crippen LogP) is 1.95. The summed E-state index contributed by atoms with van der Waals surface area (Å²) in [5, 5.41) is 0. The summed E-state index contributed by atoms with van der Waals surface area (Å²) in [7, 11) is 4.38. The van der Waals surface area contributed by atoms with Crippen molar-refractivity contribution in [3.05, 3.63) is 18.2 Å². The van der Waals surface area contributed by atoms with Gasteiger partial charge in [0.25, 0.3) is 0 Å². The summed E-state index contributed by atoms with van der Waals surface area (Å²) in [6, 6.07) is 0. The maximum absolute atomic E-state index is 6.22. The second-order valence-corrected chi connectivity index (χ2v) is 6.45. The normalized spacial score (nSPS) is 19.7. The van der Waals surface area contributed by atoms with Crippen molar-refractivity contribution in [1.82, 2.24) is 14.5 Å². The van der Waals surface area contributed by atoms with Gasteiger partial charge in [-0.1, -0.05) is 12.8 Å². The standard InChI is InChI=1S/C14H26N4/c1-13(2,15)12-9-16-11-18(12)10-14(17(3)4)7-5-6-8-14/h9,11H,5-8,10,15H2,1-4H3. The molecule has 1 fully saturated rings. The van der Waals surface area contributed by atoms with Gasteiger partial charge in [0, 0.05) is 18.3 Å². The second-order valence-electron chi connectivity index (χ2n) is 6.45. The van der Waals surface area contributed by atoms with Crippen LogP contribution >= 0.6 is 0 Å². The molecule has 1 aliphatic rings. The first-order valence-electron chi connectivity index (χ1n) is 6.82. The molecule has 1 heterocycles. The van der Waals surface area contributed by atoms with Crippen LogP contribution in [0.3, 0.4) is 0 Å². The number of nitrogens with zero attached hydrogens (tertiary/aromatic N) is 3. The molecule has 0 atom stereocenters. The van der Waals surface area contributed by atoms with Crippen LogP contribution in [0.4, 0.5) is 0 Å². The summed E-state index contributed by atoms with van der Waals surface area (Å²) in [5.74, 6) is 0. The first kappa shape index (κ1) is 13.6. The number of hydrogen-bond donors (Lipinski definition) is 1. The summed E-state index contributed by atoms with van der Waals surface area (Å²) in [6.45, 7) is 5.07. The monoisotopic (exact) mass is 250 g/mol. The minimum atomic E-state index is -0.331. The van der Waals surface area contributed by atoms with Crippen molar-refractivity contribution in [3.63, 3.8) is 0 Å². The summed E-state index contributed by atoms with van der Waals surface area (Å²) in [6.07, 6.45) is 9.01. The Morgan fingerprint density at radius 2 is 2.00 bits per heavy atom. The zero-order valence-corrected chi connectivity index (χ0v) is 12.1. The third-order valence-electron chi connectivity index (χ3n) is 4.32. The highest BCUT2D eigenvalue weighted by Gasteiger charge is 2.37. The van der Waals surface area contributed by atoms with E-state index in [9.17, 15) is 0 Å². The highest BCUT2D eigenvalue weighted by Crippen LogP contribution is 2.36. The molecule has 0 bridgehead atoms. The third-order valence-corrected chi connectivity index (χ3v) is 4.32. The molecule has 0 saturated heterocycles. The van der Waals surface area contributed by atoms with Crippen LogP contribution < -0.4 is 5.73 Å². The smallest absolute Gasteiger partial charge is 0.0949 e. The van der Waals surface area contributed by atoms with Gasteiger partial charge in [0.15, 0.2) is 0 Å². The van der Waals surface area contributed by atoms with Crippen molar-refractivity contribution in [1.29, 1.82) is 0 Å². The predicted molar refractivity (Wildman–Crippen MR) is 74.3 cm³/mol. The molecule has 18 heavy (non-hydrogen) atoms. The SMILES string of the molecule is CN(C)C1(Cn2cncc2C(C)(C)N)CCCC1. The van der Waals surface area contributed by atoms with Gasteiger partial charge in [-0.15, -0.1) is 0 Å². The van der Waals surface area contributed by atoms with Crippen molar-refractivity contribution in [2.24, 2.45) is 5.73 Å². The van der Waals surface area contributed by atoms with E-state index in [1.807, 2.05) is 26.4 Å². The lowest BCUT2D eigenvalue weighted by Gasteiger charge is -2.38. The molecule has 1 aromatic rings. The van der Waals surface area contributed by atoms with Crippen molar-refractivity contribution in [2.45, 2.75) is 57.2 Å². The van der Waals surface area contributed by atoms with Gasteiger partial charge in [-0.2, -0.15) is 0 Å². The van der Waals surface area contributed by atoms with Gasteiger partial charge in [-0.25, -0.2) is 4.98 Å². The van der Waals surface area contributed by atoms with E-state index in [-0.39, 0.29) is 11.1 Å². The molecular weight excluding hydrogens is 224 g/mol. The van der Waals surface area contributed by atoms with Crippen LogP contribution in [0, 0.1) is 0 Å². The van der Waals surface area contributed by atoms with E-state index in [2.05, 4.69) is 28.5 Å². The number of likely N-dealkylation sites (N-methyl/N-ethyl adjacent to an activating group) is 1. The van der Waals surface area contributed by atoms with E-state index in [4.69, 9.17) is 5.73 Å². The van der Waals surface area contributed by atoms with E-state index >= 15 is 0 Å². The Bertz CT molecular complexity index is 394. The van der Waals surface area contributed by atoms with Gasteiger partial charge in [-0.05, 0) is 40.8 Å². The maximum atomic E-state index is 6.22. The Labute approximate surface area is 110 Å². The van der Waals surface area contributed by atoms with Gasteiger partial charge >= 0.3 is 0 Å². The van der Waals surface area contributed by atoms with E-state index in [1.165, 1.54) is 25.7 Å². The highest BCUT2D eigenvalue weighted by molar-refractivity contribution is 5.11. The molecule has 0 amide bonds. The number of aromatic nitrogens is 2. The van der Waals surface area contributed by atoms with Gasteiger partial charge in [0.2, 0.25) is 0 Å². The minimum Gasteiger partial charge on any atom is -0.331 e. The van der Waals surface area contributed by atoms with Crippen molar-refractivity contribution in [2.75, 3.05) is 14.1 Å². The van der Waals surface area contributed by atoms with Crippen LogP contribution in [0.2, 0.25) is 0 Å². The first-order valence-corrected chi connectivity index (χ1v) is 6.82. The molecule has 0 radical (unpaired) electrons. The van der Waals surface area contributed by atoms with Crippen molar-refractivity contribution in [3.8, 4) is 0 Å².